The first-order chi connectivity index (χ1) is 30.8. The average Bonchev–Trinajstić information content (AvgIpc) is 3.94. The van der Waals surface area contributed by atoms with E-state index in [0.717, 1.165) is 13.0 Å². The van der Waals surface area contributed by atoms with E-state index in [2.05, 4.69) is 55.2 Å². The number of ether oxygens (including phenoxy) is 2. The summed E-state index contributed by atoms with van der Waals surface area (Å²) in [4.78, 5) is 72.8. The number of aryl methyl sites for hydroxylation is 4. The highest BCUT2D eigenvalue weighted by Gasteiger charge is 2.24. The number of hydrogen-bond acceptors (Lipinski definition) is 13. The maximum absolute atomic E-state index is 12.8. The number of nitrogens with one attached hydrogen (secondary N) is 4. The molecule has 7 N–H and O–H groups in total. The normalized spacial score (nSPS) is 11.6. The van der Waals surface area contributed by atoms with Gasteiger partial charge in [-0.2, -0.15) is 0 Å². The average molecular weight is 1010 g/mol. The lowest BCUT2D eigenvalue weighted by atomic mass is 10.0. The summed E-state index contributed by atoms with van der Waals surface area (Å²) in [5, 5.41) is 19.7. The van der Waals surface area contributed by atoms with Gasteiger partial charge in [-0.1, -0.05) is 43.2 Å². The number of nitrogens with zero attached hydrogens (tertiary/aromatic N) is 4. The fourth-order valence-electron chi connectivity index (χ4n) is 5.78. The summed E-state index contributed by atoms with van der Waals surface area (Å²) in [6.07, 6.45) is 10.5. The van der Waals surface area contributed by atoms with Crippen molar-refractivity contribution in [2.75, 3.05) is 40.3 Å². The Morgan fingerprint density at radius 3 is 1.21 bits per heavy atom. The van der Waals surface area contributed by atoms with Crippen LogP contribution in [0.3, 0.4) is 0 Å². The molecule has 22 heteroatoms. The van der Waals surface area contributed by atoms with Gasteiger partial charge >= 0.3 is 18.2 Å². The Labute approximate surface area is 410 Å². The maximum atomic E-state index is 12.8. The second-order valence-corrected chi connectivity index (χ2v) is 24.7. The number of carboxylic acid groups (broad SMARTS) is 1. The van der Waals surface area contributed by atoms with E-state index in [-0.39, 0.29) is 32.6 Å². The lowest BCUT2D eigenvalue weighted by molar-refractivity contribution is 0.0624. The zero-order chi connectivity index (χ0) is 51.2. The summed E-state index contributed by atoms with van der Waals surface area (Å²) in [5.41, 5.74) is 7.21. The Morgan fingerprint density at radius 2 is 0.881 bits per heavy atom. The van der Waals surface area contributed by atoms with Crippen molar-refractivity contribution in [2.45, 2.75) is 103 Å². The topological polar surface area (TPSA) is 235 Å². The monoisotopic (exact) mass is 1010 g/mol. The summed E-state index contributed by atoms with van der Waals surface area (Å²) in [6.45, 7) is 19.9. The van der Waals surface area contributed by atoms with Gasteiger partial charge in [-0.25, -0.2) is 14.4 Å². The molecule has 0 radical (unpaired) electrons. The molecule has 0 aliphatic heterocycles. The van der Waals surface area contributed by atoms with Crippen LogP contribution >= 0.6 is 43.2 Å². The summed E-state index contributed by atoms with van der Waals surface area (Å²) < 4.78 is 17.0. The lowest BCUT2D eigenvalue weighted by Gasteiger charge is -2.21. The van der Waals surface area contributed by atoms with Gasteiger partial charge in [0.25, 0.3) is 11.8 Å². The molecule has 0 atom stereocenters. The Bertz CT molecular complexity index is 2350. The zero-order valence-corrected chi connectivity index (χ0v) is 44.7. The van der Waals surface area contributed by atoms with Crippen LogP contribution in [0.4, 0.5) is 32.3 Å². The lowest BCUT2D eigenvalue weighted by Crippen LogP contribution is -2.27. The first kappa shape index (κ1) is 58.2. The highest BCUT2D eigenvalue weighted by molar-refractivity contribution is 8.77. The Hall–Kier alpha value is -4.90. The molecule has 4 aromatic heterocycles. The van der Waals surface area contributed by atoms with Crippen LogP contribution in [-0.4, -0.2) is 98.9 Å². The molecule has 0 unspecified atom stereocenters. The summed E-state index contributed by atoms with van der Waals surface area (Å²) in [7, 11) is 13.8. The molecular weight excluding hydrogens is 939 g/mol. The molecule has 0 aromatic carbocycles. The minimum atomic E-state index is -1.09. The van der Waals surface area contributed by atoms with E-state index in [9.17, 15) is 28.8 Å². The van der Waals surface area contributed by atoms with Gasteiger partial charge in [0.15, 0.2) is 5.78 Å². The second-order valence-electron chi connectivity index (χ2n) is 18.5. The molecule has 18 nitrogen and oxygen atoms in total. The smallest absolute Gasteiger partial charge is 0.412 e. The van der Waals surface area contributed by atoms with Gasteiger partial charge in [0.1, 0.15) is 28.3 Å². The highest BCUT2D eigenvalue weighted by atomic mass is 33.1. The number of ketones is 1. The van der Waals surface area contributed by atoms with Crippen molar-refractivity contribution in [2.24, 2.45) is 33.9 Å². The number of rotatable bonds is 16. The fraction of sp³-hybridized carbons (Fsp3) is 0.511. The van der Waals surface area contributed by atoms with Crippen molar-refractivity contribution in [3.05, 3.63) is 71.8 Å². The molecule has 0 fully saturated rings. The molecule has 0 saturated heterocycles. The van der Waals surface area contributed by atoms with Crippen LogP contribution in [0.5, 0.6) is 0 Å². The quantitative estimate of drug-likeness (QED) is 0.0453. The molecule has 67 heavy (non-hydrogen) atoms. The fourth-order valence-corrected chi connectivity index (χ4v) is 10.1. The van der Waals surface area contributed by atoms with Crippen molar-refractivity contribution in [1.29, 1.82) is 0 Å². The molecule has 4 heterocycles. The van der Waals surface area contributed by atoms with Gasteiger partial charge in [-0.15, -0.1) is 0 Å². The number of Topliss-reactive ketones (excluding diaryl/α,β-unsaturated/α-hetero) is 1. The van der Waals surface area contributed by atoms with Crippen LogP contribution in [0, 0.1) is 0 Å². The van der Waals surface area contributed by atoms with Gasteiger partial charge in [-0.05, 0) is 112 Å². The van der Waals surface area contributed by atoms with Gasteiger partial charge in [0.05, 0.1) is 28.4 Å². The van der Waals surface area contributed by atoms with Crippen LogP contribution in [0.1, 0.15) is 124 Å². The van der Waals surface area contributed by atoms with Crippen LogP contribution in [0.25, 0.3) is 0 Å². The van der Waals surface area contributed by atoms with E-state index >= 15 is 0 Å². The first-order valence-corrected chi connectivity index (χ1v) is 26.1. The minimum Gasteiger partial charge on any atom is -0.477 e. The van der Waals surface area contributed by atoms with Gasteiger partial charge in [0, 0.05) is 75.4 Å². The number of aromatic carboxylic acids is 1. The minimum absolute atomic E-state index is 0.00880. The molecule has 4 aromatic rings. The molecule has 0 spiro atoms. The molecule has 372 valence electrons. The number of carbonyl (C=O) groups excluding carboxylic acids is 5. The number of hydrogen-bond donors (Lipinski definition) is 6. The van der Waals surface area contributed by atoms with E-state index in [0.29, 0.717) is 40.6 Å². The van der Waals surface area contributed by atoms with E-state index in [1.54, 1.807) is 147 Å². The Morgan fingerprint density at radius 1 is 0.552 bits per heavy atom. The first-order valence-electron chi connectivity index (χ1n) is 21.0. The number of nitrogens with two attached hydrogens (primary N) is 1. The van der Waals surface area contributed by atoms with E-state index in [1.807, 2.05) is 17.0 Å². The third-order valence-electron chi connectivity index (χ3n) is 8.86. The van der Waals surface area contributed by atoms with E-state index in [1.165, 1.54) is 22.9 Å². The van der Waals surface area contributed by atoms with Crippen LogP contribution < -0.4 is 27.0 Å². The van der Waals surface area contributed by atoms with Crippen molar-refractivity contribution < 1.29 is 43.3 Å². The molecule has 0 aliphatic rings. The van der Waals surface area contributed by atoms with Crippen LogP contribution in [0.2, 0.25) is 0 Å². The molecule has 0 aliphatic carbocycles. The Balaban J connectivity index is 0.000000403. The highest BCUT2D eigenvalue weighted by Crippen LogP contribution is 2.37. The molecular formula is C45H69N9O9S4. The van der Waals surface area contributed by atoms with Crippen LogP contribution in [-0.2, 0) is 37.7 Å². The van der Waals surface area contributed by atoms with Crippen molar-refractivity contribution in [3.8, 4) is 0 Å². The molecule has 4 amide bonds. The van der Waals surface area contributed by atoms with E-state index < -0.39 is 35.3 Å². The number of carboxylic acids is 1. The summed E-state index contributed by atoms with van der Waals surface area (Å²) in [6, 6.07) is 6.13. The predicted molar refractivity (Wildman–Crippen MR) is 277 cm³/mol. The number of amides is 4. The molecule has 0 saturated carbocycles. The zero-order valence-electron chi connectivity index (χ0n) is 41.5. The van der Waals surface area contributed by atoms with Gasteiger partial charge < -0.3 is 49.2 Å². The molecule has 0 bridgehead atoms. The SMILES string of the molecule is CSSC(C)(C)CCC(=O)c1cc(NC(=O)c2cc(NC(=O)OC(C)(C)C)cn2C)cn1C.CSSC(C)(C)CN.Cn1cc(NC(=O)c2cc(NC(=O)OC(C)(C)C)cn2C)cc1C(=O)O. The van der Waals surface area contributed by atoms with Crippen molar-refractivity contribution in [1.82, 2.24) is 18.3 Å². The number of aromatic nitrogens is 4. The van der Waals surface area contributed by atoms with Gasteiger partial charge in [-0.3, -0.25) is 25.0 Å². The second kappa shape index (κ2) is 24.9. The third kappa shape index (κ3) is 20.5. The van der Waals surface area contributed by atoms with Crippen molar-refractivity contribution in [3.63, 3.8) is 0 Å². The van der Waals surface area contributed by atoms with E-state index in [4.69, 9.17) is 20.3 Å². The number of anilines is 4. The maximum Gasteiger partial charge on any atom is 0.412 e. The van der Waals surface area contributed by atoms with Crippen molar-refractivity contribution >= 4 is 102 Å². The predicted octanol–water partition coefficient (Wildman–Crippen LogP) is 10.1. The van der Waals surface area contributed by atoms with Crippen LogP contribution in [0.15, 0.2) is 49.1 Å². The largest absolute Gasteiger partial charge is 0.477 e. The van der Waals surface area contributed by atoms with Gasteiger partial charge in [0.2, 0.25) is 0 Å². The summed E-state index contributed by atoms with van der Waals surface area (Å²) in [5.74, 6) is -1.84. The Kier molecular flexibility index (Phi) is 21.7. The number of carbonyl (C=O) groups is 6. The molecule has 4 rings (SSSR count). The standard InChI is InChI=1S/C23H34N4O4S2.C17H22N4O5.C5H13NS2/c1-22(2,3)31-21(30)25-16-12-18(27(7)14-16)20(29)24-15-11-17(26(6)13-15)19(28)9-10-23(4,5)33-32-8;1-17(2,3)26-16(25)19-11-6-12(20(4)9-11)14(22)18-10-7-13(15(23)24)21(5)8-10;1-5(2,4-6)8-7-3/h11-14H,9-10H2,1-8H3,(H,24,29)(H,25,30);6-9H,1-5H3,(H,18,22)(H,19,25)(H,23,24);4,6H2,1-3H3. The third-order valence-corrected chi connectivity index (χ3v) is 14.2. The summed E-state index contributed by atoms with van der Waals surface area (Å²) >= 11 is 0.